The molecule has 4 atom stereocenters. The maximum atomic E-state index is 13.0. The molecule has 6 amide bonds. The van der Waals surface area contributed by atoms with Crippen LogP contribution in [0.5, 0.6) is 0 Å². The van der Waals surface area contributed by atoms with Gasteiger partial charge in [-0.05, 0) is 227 Å². The molecule has 0 saturated carbocycles. The van der Waals surface area contributed by atoms with Gasteiger partial charge in [-0.2, -0.15) is 26.3 Å². The number of aromatic nitrogens is 2. The van der Waals surface area contributed by atoms with Crippen molar-refractivity contribution in [3.05, 3.63) is 75.4 Å². The number of nitrogens with one attached hydrogen (secondary N) is 4. The number of pyridine rings is 2. The smallest absolute Gasteiger partial charge is 0.444 e. The minimum Gasteiger partial charge on any atom is -0.444 e. The van der Waals surface area contributed by atoms with Crippen LogP contribution in [0.25, 0.3) is 11.1 Å². The number of carbonyl (C=O) groups excluding carboxylic acids is 4. The number of ether oxygens (including phenoxy) is 4. The average Bonchev–Trinajstić information content (AvgIpc) is 1.57. The Balaban J connectivity index is 0.000000187. The van der Waals surface area contributed by atoms with Crippen molar-refractivity contribution in [1.29, 1.82) is 0 Å². The lowest BCUT2D eigenvalue weighted by Crippen LogP contribution is -2.49. The molecule has 7 aliphatic rings. The van der Waals surface area contributed by atoms with Gasteiger partial charge in [-0.15, -0.1) is 0 Å². The molecule has 102 heavy (non-hydrogen) atoms. The maximum Gasteiger partial charge on any atom is 0.495 e. The van der Waals surface area contributed by atoms with E-state index in [1.54, 1.807) is 12.1 Å². The molecule has 11 rings (SSSR count). The minimum absolute atomic E-state index is 0.0695. The van der Waals surface area contributed by atoms with Gasteiger partial charge in [0.2, 0.25) is 0 Å². The number of urea groups is 2. The Hall–Kier alpha value is -6.77. The van der Waals surface area contributed by atoms with Crippen LogP contribution < -0.4 is 46.3 Å². The van der Waals surface area contributed by atoms with Crippen LogP contribution in [-0.2, 0) is 28.3 Å². The molecule has 7 fully saturated rings. The molecule has 0 unspecified atom stereocenters. The van der Waals surface area contributed by atoms with Crippen molar-refractivity contribution in [2.45, 2.75) is 181 Å². The summed E-state index contributed by atoms with van der Waals surface area (Å²) in [4.78, 5) is 71.9. The first-order valence-corrected chi connectivity index (χ1v) is 36.5. The van der Waals surface area contributed by atoms with Crippen molar-refractivity contribution < 1.29 is 73.8 Å². The number of alkyl carbamates (subject to hydrolysis) is 2. The third kappa shape index (κ3) is 23.4. The Morgan fingerprint density at radius 1 is 0.539 bits per heavy atom. The predicted octanol–water partition coefficient (Wildman–Crippen LogP) is 13.3. The van der Waals surface area contributed by atoms with Gasteiger partial charge >= 0.3 is 43.7 Å². The molecular formula is C72H102BF6IN12O10. The van der Waals surface area contributed by atoms with Crippen LogP contribution in [0.1, 0.15) is 132 Å². The summed E-state index contributed by atoms with van der Waals surface area (Å²) in [6, 6.07) is 18.6. The molecule has 7 aliphatic heterocycles. The first kappa shape index (κ1) is 79.4. The van der Waals surface area contributed by atoms with Crippen molar-refractivity contribution in [2.24, 2.45) is 11.8 Å². The number of amides is 6. The Kier molecular flexibility index (Phi) is 26.1. The second kappa shape index (κ2) is 33.6. The monoisotopic (exact) mass is 1550 g/mol. The molecule has 0 spiro atoms. The number of morpholine rings is 2. The highest BCUT2D eigenvalue weighted by Gasteiger charge is 2.52. The summed E-state index contributed by atoms with van der Waals surface area (Å²) in [5.41, 5.74) is 3.71. The van der Waals surface area contributed by atoms with E-state index in [1.165, 1.54) is 13.4 Å². The van der Waals surface area contributed by atoms with Gasteiger partial charge in [-0.1, -0.05) is 17.7 Å². The van der Waals surface area contributed by atoms with E-state index in [0.29, 0.717) is 70.2 Å². The van der Waals surface area contributed by atoms with E-state index in [-0.39, 0.29) is 31.3 Å². The Morgan fingerprint density at radius 3 is 1.37 bits per heavy atom. The first-order chi connectivity index (χ1) is 47.8. The molecule has 0 bridgehead atoms. The second-order valence-electron chi connectivity index (χ2n) is 30.5. The molecule has 7 saturated heterocycles. The van der Waals surface area contributed by atoms with Crippen LogP contribution in [0.3, 0.4) is 0 Å². The number of hydrogen-bond acceptors (Lipinski definition) is 16. The summed E-state index contributed by atoms with van der Waals surface area (Å²) in [5, 5.41) is 11.7. The van der Waals surface area contributed by atoms with E-state index < -0.39 is 84.7 Å². The maximum absolute atomic E-state index is 13.0. The highest BCUT2D eigenvalue weighted by Crippen LogP contribution is 2.39. The molecular weight excluding hydrogens is 1440 g/mol. The number of aryl methyl sites for hydroxylation is 2. The lowest BCUT2D eigenvalue weighted by Gasteiger charge is -2.35. The van der Waals surface area contributed by atoms with Crippen LogP contribution in [-0.4, -0.2) is 203 Å². The van der Waals surface area contributed by atoms with Crippen LogP contribution in [0.15, 0.2) is 60.7 Å². The fraction of sp³-hybridized carbons (Fsp3) is 0.639. The lowest BCUT2D eigenvalue weighted by atomic mass is 9.76. The zero-order chi connectivity index (χ0) is 74.1. The number of piperidine rings is 2. The molecule has 22 nitrogen and oxygen atoms in total. The number of hydrogen-bond donors (Lipinski definition) is 4. The fourth-order valence-electron chi connectivity index (χ4n) is 13.3. The van der Waals surface area contributed by atoms with Gasteiger partial charge < -0.3 is 78.9 Å². The van der Waals surface area contributed by atoms with Gasteiger partial charge in [-0.3, -0.25) is 0 Å². The van der Waals surface area contributed by atoms with E-state index in [4.69, 9.17) is 38.2 Å². The lowest BCUT2D eigenvalue weighted by molar-refractivity contribution is -0.144. The van der Waals surface area contributed by atoms with Crippen molar-refractivity contribution >= 4 is 94.1 Å². The number of nitrogens with zero attached hydrogens (tertiary/aromatic N) is 8. The van der Waals surface area contributed by atoms with Gasteiger partial charge in [-0.25, -0.2) is 29.1 Å². The molecule has 9 heterocycles. The number of likely N-dealkylation sites (tertiary alicyclic amines) is 2. The van der Waals surface area contributed by atoms with Crippen molar-refractivity contribution in [1.82, 2.24) is 30.4 Å². The summed E-state index contributed by atoms with van der Waals surface area (Å²) < 4.78 is 112. The zero-order valence-corrected chi connectivity index (χ0v) is 63.1. The third-order valence-corrected chi connectivity index (χ3v) is 19.8. The summed E-state index contributed by atoms with van der Waals surface area (Å²) >= 11 is 2.35. The molecule has 0 aliphatic carbocycles. The Labute approximate surface area is 609 Å². The fourth-order valence-corrected chi connectivity index (χ4v) is 13.9. The minimum atomic E-state index is -4.24. The SMILES string of the molecule is CC(C)(C)OC(=O)N[C@@H]1CCCN(c2cc(I)cc(N3CCOCC3)n2)C1.Cc1ccc(NC(=O)N2CC[C@@H](CC(F)(F)F)C2)cc1-c1cc(N2CCOCC2)nc(N2CCC[C@@H](NC(=O)OC(C)(C)C)C2)c1.Cc1ccc(NC(=O)N2CC[C@@H](CC(F)(F)F)C2)cc1B1OC(C)(C)C(C)(C)O1. The van der Waals surface area contributed by atoms with Gasteiger partial charge in [0.15, 0.2) is 0 Å². The summed E-state index contributed by atoms with van der Waals surface area (Å²) in [7, 11) is -0.556. The van der Waals surface area contributed by atoms with Crippen LogP contribution in [0.4, 0.5) is 80.2 Å². The highest BCUT2D eigenvalue weighted by atomic mass is 127. The standard InChI is InChI=1S/C33H45F3N6O4.C20H28BF3N2O3.C19H29IN4O3/c1-22-7-8-25(37-30(43)42-11-9-23(20-42)19-33(34,35)36)18-27(22)24-16-28(40-12-14-45-15-13-40)39-29(17-24)41-10-5-6-26(21-41)38-31(44)46-32(2,3)4;1-13-6-7-15(10-16(13)21-28-18(2,3)19(4,5)29-21)25-17(27)26-9-8-14(12-26)11-20(22,23)24;1-19(2,3)27-18(25)21-15-5-4-6-24(13-15)17-12-14(20)11-16(22-17)23-7-9-26-10-8-23/h7-8,16-18,23,26H,5-6,9-15,19-21H2,1-4H3,(H,37,43)(H,38,44);6-7,10,14H,8-9,11-12H2,1-5H3,(H,25,27);11-12,15H,4-10,13H2,1-3H3,(H,21,25)/t23-,26+;14-;15-/m001/s1. The van der Waals surface area contributed by atoms with Gasteiger partial charge in [0.1, 0.15) is 34.5 Å². The zero-order valence-electron chi connectivity index (χ0n) is 60.9. The molecule has 0 radical (unpaired) electrons. The predicted molar refractivity (Wildman–Crippen MR) is 392 cm³/mol. The van der Waals surface area contributed by atoms with Crippen LogP contribution >= 0.6 is 22.6 Å². The highest BCUT2D eigenvalue weighted by molar-refractivity contribution is 14.1. The number of rotatable bonds is 12. The summed E-state index contributed by atoms with van der Waals surface area (Å²) in [6.45, 7) is 32.7. The van der Waals surface area contributed by atoms with Gasteiger partial charge in [0.25, 0.3) is 0 Å². The van der Waals surface area contributed by atoms with Crippen molar-refractivity contribution in [3.63, 3.8) is 0 Å². The number of anilines is 6. The van der Waals surface area contributed by atoms with Crippen molar-refractivity contribution in [2.75, 3.05) is 135 Å². The molecule has 4 aromatic rings. The first-order valence-electron chi connectivity index (χ1n) is 35.5. The Bertz CT molecular complexity index is 3520. The van der Waals surface area contributed by atoms with Gasteiger partial charge in [0.05, 0.1) is 37.6 Å². The summed E-state index contributed by atoms with van der Waals surface area (Å²) in [5.74, 6) is 2.46. The van der Waals surface area contributed by atoms with Crippen LogP contribution in [0.2, 0.25) is 0 Å². The molecule has 30 heteroatoms. The number of alkyl halides is 6. The van der Waals surface area contributed by atoms with Gasteiger partial charge in [0, 0.05) is 118 Å². The van der Waals surface area contributed by atoms with E-state index in [2.05, 4.69) is 75.6 Å². The largest absolute Gasteiger partial charge is 0.495 e. The van der Waals surface area contributed by atoms with Crippen LogP contribution in [0, 0.1) is 29.3 Å². The molecule has 2 aromatic carbocycles. The second-order valence-corrected chi connectivity index (χ2v) is 31.8. The van der Waals surface area contributed by atoms with E-state index >= 15 is 0 Å². The number of benzene rings is 2. The number of carbonyl (C=O) groups is 4. The molecule has 2 aromatic heterocycles. The topological polar surface area (TPSA) is 217 Å². The molecule has 562 valence electrons. The van der Waals surface area contributed by atoms with E-state index in [1.807, 2.05) is 119 Å². The number of halogens is 7. The average molecular weight is 1550 g/mol. The molecule has 4 N–H and O–H groups in total. The van der Waals surface area contributed by atoms with E-state index in [9.17, 15) is 45.5 Å². The quantitative estimate of drug-likeness (QED) is 0.0589. The third-order valence-electron chi connectivity index (χ3n) is 19.2. The van der Waals surface area contributed by atoms with E-state index in [0.717, 1.165) is 123 Å². The summed E-state index contributed by atoms with van der Waals surface area (Å²) in [6.07, 6.45) is -6.59. The normalized spacial score (nSPS) is 21.7. The van der Waals surface area contributed by atoms with Crippen molar-refractivity contribution in [3.8, 4) is 11.1 Å². The Morgan fingerprint density at radius 2 is 0.941 bits per heavy atom.